The highest BCUT2D eigenvalue weighted by Crippen LogP contribution is 2.48. The second kappa shape index (κ2) is 8.31. The second-order valence-electron chi connectivity index (χ2n) is 7.15. The van der Waals surface area contributed by atoms with Crippen LogP contribution in [0.5, 0.6) is 11.5 Å². The van der Waals surface area contributed by atoms with E-state index in [9.17, 15) is 4.79 Å². The van der Waals surface area contributed by atoms with E-state index in [-0.39, 0.29) is 5.91 Å². The van der Waals surface area contributed by atoms with E-state index >= 15 is 0 Å². The van der Waals surface area contributed by atoms with Gasteiger partial charge in [0.05, 0.1) is 20.2 Å². The molecular weight excluding hydrogens is 360 g/mol. The molecule has 1 atom stereocenters. The third-order valence-corrected chi connectivity index (χ3v) is 6.28. The monoisotopic (exact) mass is 386 g/mol. The highest BCUT2D eigenvalue weighted by Gasteiger charge is 2.40. The molecule has 1 aliphatic carbocycles. The Kier molecular flexibility index (Phi) is 5.64. The zero-order chi connectivity index (χ0) is 18.6. The summed E-state index contributed by atoms with van der Waals surface area (Å²) in [5, 5.41) is 5.18. The number of carbonyl (C=O) groups is 1. The summed E-state index contributed by atoms with van der Waals surface area (Å²) in [6.07, 6.45) is 3.62. The molecule has 1 aromatic heterocycles. The minimum atomic E-state index is 0.0722. The Labute approximate surface area is 164 Å². The second-order valence-corrected chi connectivity index (χ2v) is 8.15. The maximum atomic E-state index is 12.5. The highest BCUT2D eigenvalue weighted by atomic mass is 32.1. The molecule has 1 fully saturated rings. The van der Waals surface area contributed by atoms with Gasteiger partial charge in [0, 0.05) is 17.5 Å². The van der Waals surface area contributed by atoms with Gasteiger partial charge in [0.1, 0.15) is 6.61 Å². The molecule has 2 aromatic rings. The molecule has 27 heavy (non-hydrogen) atoms. The Morgan fingerprint density at radius 3 is 2.85 bits per heavy atom. The first kappa shape index (κ1) is 18.3. The first-order valence-corrected chi connectivity index (χ1v) is 10.5. The number of nitrogens with zero attached hydrogens (tertiary/aromatic N) is 1. The quantitative estimate of drug-likeness (QED) is 0.708. The number of ether oxygens (including phenoxy) is 2. The molecule has 1 amide bonds. The summed E-state index contributed by atoms with van der Waals surface area (Å²) in [5.74, 6) is 2.20. The first-order chi connectivity index (χ1) is 13.3. The number of rotatable bonds is 8. The van der Waals surface area contributed by atoms with Crippen molar-refractivity contribution >= 4 is 17.2 Å². The fourth-order valence-corrected chi connectivity index (χ4v) is 4.78. The van der Waals surface area contributed by atoms with Crippen molar-refractivity contribution in [1.29, 1.82) is 0 Å². The van der Waals surface area contributed by atoms with Crippen LogP contribution in [0.25, 0.3) is 0 Å². The number of fused-ring (bicyclic) bond motifs is 1. The Balaban J connectivity index is 1.26. The predicted molar refractivity (Wildman–Crippen MR) is 107 cm³/mol. The van der Waals surface area contributed by atoms with E-state index in [2.05, 4.69) is 21.7 Å². The van der Waals surface area contributed by atoms with Gasteiger partial charge in [0.2, 0.25) is 5.91 Å². The lowest BCUT2D eigenvalue weighted by Gasteiger charge is -2.35. The van der Waals surface area contributed by atoms with Crippen molar-refractivity contribution in [1.82, 2.24) is 10.2 Å². The number of hydrogen-bond acceptors (Lipinski definition) is 5. The van der Waals surface area contributed by atoms with Crippen LogP contribution in [-0.2, 0) is 11.2 Å². The molecule has 2 aliphatic rings. The number of methoxy groups -OCH3 is 1. The Bertz CT molecular complexity index is 787. The normalized spacial score (nSPS) is 19.4. The average molecular weight is 387 g/mol. The van der Waals surface area contributed by atoms with Gasteiger partial charge in [-0.2, -0.15) is 0 Å². The molecule has 1 N–H and O–H groups in total. The lowest BCUT2D eigenvalue weighted by Crippen LogP contribution is -2.43. The largest absolute Gasteiger partial charge is 0.493 e. The number of benzene rings is 1. The standard InChI is InChI=1S/C21H26N2O3S/c1-25-17-4-2-3-5-18(17)26-12-10-22-20(24)14-23-11-8-19-16(9-13-27-19)21(23)15-6-7-15/h2-5,9,13,15,21H,6-8,10-12,14H2,1H3,(H,22,24)/t21-/m0/s1. The minimum Gasteiger partial charge on any atom is -0.493 e. The van der Waals surface area contributed by atoms with Crippen molar-refractivity contribution in [3.8, 4) is 11.5 Å². The lowest BCUT2D eigenvalue weighted by atomic mass is 9.96. The van der Waals surface area contributed by atoms with Gasteiger partial charge in [-0.05, 0) is 54.3 Å². The third kappa shape index (κ3) is 4.28. The van der Waals surface area contributed by atoms with E-state index in [1.807, 2.05) is 35.6 Å². The van der Waals surface area contributed by atoms with Gasteiger partial charge in [0.25, 0.3) is 0 Å². The average Bonchev–Trinajstić information content (AvgIpc) is 3.41. The molecule has 0 bridgehead atoms. The van der Waals surface area contributed by atoms with Crippen LogP contribution in [0.2, 0.25) is 0 Å². The molecule has 1 saturated carbocycles. The van der Waals surface area contributed by atoms with E-state index in [0.29, 0.717) is 37.2 Å². The van der Waals surface area contributed by atoms with Gasteiger partial charge in [-0.25, -0.2) is 0 Å². The summed E-state index contributed by atoms with van der Waals surface area (Å²) in [4.78, 5) is 16.3. The summed E-state index contributed by atoms with van der Waals surface area (Å²) >= 11 is 1.86. The van der Waals surface area contributed by atoms with Crippen molar-refractivity contribution in [3.05, 3.63) is 46.2 Å². The maximum Gasteiger partial charge on any atom is 0.234 e. The van der Waals surface area contributed by atoms with E-state index in [1.165, 1.54) is 23.3 Å². The summed E-state index contributed by atoms with van der Waals surface area (Å²) in [5.41, 5.74) is 1.46. The highest BCUT2D eigenvalue weighted by molar-refractivity contribution is 7.10. The molecule has 1 aromatic carbocycles. The molecule has 1 aliphatic heterocycles. The maximum absolute atomic E-state index is 12.5. The molecule has 0 saturated heterocycles. The van der Waals surface area contributed by atoms with Crippen LogP contribution in [0.15, 0.2) is 35.7 Å². The summed E-state index contributed by atoms with van der Waals surface area (Å²) in [6.45, 7) is 2.35. The van der Waals surface area contributed by atoms with Crippen LogP contribution < -0.4 is 14.8 Å². The molecule has 0 spiro atoms. The number of carbonyl (C=O) groups excluding carboxylic acids is 1. The van der Waals surface area contributed by atoms with Crippen LogP contribution in [0.1, 0.15) is 29.3 Å². The fraction of sp³-hybridized carbons (Fsp3) is 0.476. The van der Waals surface area contributed by atoms with Gasteiger partial charge in [-0.1, -0.05) is 12.1 Å². The number of hydrogen-bond donors (Lipinski definition) is 1. The van der Waals surface area contributed by atoms with Crippen molar-refractivity contribution in [3.63, 3.8) is 0 Å². The van der Waals surface area contributed by atoms with Gasteiger partial charge < -0.3 is 14.8 Å². The zero-order valence-electron chi connectivity index (χ0n) is 15.6. The van der Waals surface area contributed by atoms with Crippen molar-refractivity contribution in [2.75, 3.05) is 33.4 Å². The molecule has 0 unspecified atom stereocenters. The van der Waals surface area contributed by atoms with Crippen LogP contribution in [0.4, 0.5) is 0 Å². The number of para-hydroxylation sites is 2. The molecule has 144 valence electrons. The third-order valence-electron chi connectivity index (χ3n) is 5.28. The number of amides is 1. The first-order valence-electron chi connectivity index (χ1n) is 9.59. The van der Waals surface area contributed by atoms with Gasteiger partial charge >= 0.3 is 0 Å². The lowest BCUT2D eigenvalue weighted by molar-refractivity contribution is -0.123. The fourth-order valence-electron chi connectivity index (χ4n) is 3.87. The van der Waals surface area contributed by atoms with Gasteiger partial charge in [-0.15, -0.1) is 11.3 Å². The zero-order valence-corrected chi connectivity index (χ0v) is 16.5. The number of thiophene rings is 1. The Morgan fingerprint density at radius 2 is 2.07 bits per heavy atom. The van der Waals surface area contributed by atoms with Crippen LogP contribution in [-0.4, -0.2) is 44.2 Å². The molecule has 2 heterocycles. The molecule has 4 rings (SSSR count). The van der Waals surface area contributed by atoms with E-state index in [4.69, 9.17) is 9.47 Å². The summed E-state index contributed by atoms with van der Waals surface area (Å²) in [6, 6.07) is 10.2. The van der Waals surface area contributed by atoms with Crippen molar-refractivity contribution < 1.29 is 14.3 Å². The molecule has 5 nitrogen and oxygen atoms in total. The summed E-state index contributed by atoms with van der Waals surface area (Å²) in [7, 11) is 1.62. The van der Waals surface area contributed by atoms with Crippen LogP contribution >= 0.6 is 11.3 Å². The molecule has 6 heteroatoms. The van der Waals surface area contributed by atoms with Gasteiger partial charge in [-0.3, -0.25) is 9.69 Å². The van der Waals surface area contributed by atoms with Crippen molar-refractivity contribution in [2.45, 2.75) is 25.3 Å². The smallest absolute Gasteiger partial charge is 0.234 e. The minimum absolute atomic E-state index is 0.0722. The molecule has 0 radical (unpaired) electrons. The van der Waals surface area contributed by atoms with E-state index in [0.717, 1.165) is 18.9 Å². The van der Waals surface area contributed by atoms with Crippen LogP contribution in [0.3, 0.4) is 0 Å². The van der Waals surface area contributed by atoms with E-state index in [1.54, 1.807) is 7.11 Å². The Hall–Kier alpha value is -2.05. The summed E-state index contributed by atoms with van der Waals surface area (Å²) < 4.78 is 11.0. The molecular formula is C21H26N2O3S. The van der Waals surface area contributed by atoms with Crippen molar-refractivity contribution in [2.24, 2.45) is 5.92 Å². The SMILES string of the molecule is COc1ccccc1OCCNC(=O)CN1CCc2sccc2[C@@H]1C1CC1. The topological polar surface area (TPSA) is 50.8 Å². The predicted octanol–water partition coefficient (Wildman–Crippen LogP) is 3.26. The van der Waals surface area contributed by atoms with E-state index < -0.39 is 0 Å². The number of nitrogens with one attached hydrogen (secondary N) is 1. The van der Waals surface area contributed by atoms with Crippen LogP contribution in [0, 0.1) is 5.92 Å². The Morgan fingerprint density at radius 1 is 1.26 bits per heavy atom. The van der Waals surface area contributed by atoms with Gasteiger partial charge in [0.15, 0.2) is 11.5 Å².